The molecule has 1 N–H and O–H groups in total. The number of nitrogens with zero attached hydrogens (tertiary/aromatic N) is 6. The standard InChI is InChI=1S/C14H15N7O/c1-3-21-9-12(8-15-21)16-14(22)11-6-4-5-10(7-11)13-17-18-19-20(13)2/h4-9H,3H2,1-2H3,(H,16,22). The minimum atomic E-state index is -0.201. The zero-order chi connectivity index (χ0) is 15.5. The third-order valence-electron chi connectivity index (χ3n) is 3.22. The molecule has 0 spiro atoms. The van der Waals surface area contributed by atoms with Crippen LogP contribution >= 0.6 is 0 Å². The van der Waals surface area contributed by atoms with Crippen LogP contribution in [0.25, 0.3) is 11.4 Å². The topological polar surface area (TPSA) is 90.5 Å². The first-order valence-electron chi connectivity index (χ1n) is 6.84. The second kappa shape index (κ2) is 5.76. The Morgan fingerprint density at radius 1 is 1.36 bits per heavy atom. The van der Waals surface area contributed by atoms with Crippen molar-refractivity contribution in [3.63, 3.8) is 0 Å². The fraction of sp³-hybridized carbons (Fsp3) is 0.214. The summed E-state index contributed by atoms with van der Waals surface area (Å²) < 4.78 is 3.31. The molecule has 22 heavy (non-hydrogen) atoms. The Balaban J connectivity index is 1.82. The monoisotopic (exact) mass is 297 g/mol. The number of carbonyl (C=O) groups is 1. The van der Waals surface area contributed by atoms with Crippen molar-refractivity contribution in [2.24, 2.45) is 7.05 Å². The number of hydrogen-bond donors (Lipinski definition) is 1. The SMILES string of the molecule is CCn1cc(NC(=O)c2cccc(-c3nnnn3C)c2)cn1. The maximum Gasteiger partial charge on any atom is 0.255 e. The highest BCUT2D eigenvalue weighted by atomic mass is 16.1. The number of aromatic nitrogens is 6. The van der Waals surface area contributed by atoms with Gasteiger partial charge in [-0.1, -0.05) is 12.1 Å². The molecule has 0 atom stereocenters. The number of tetrazole rings is 1. The predicted octanol–water partition coefficient (Wildman–Crippen LogP) is 1.35. The van der Waals surface area contributed by atoms with Gasteiger partial charge in [-0.15, -0.1) is 5.10 Å². The number of rotatable bonds is 4. The summed E-state index contributed by atoms with van der Waals surface area (Å²) in [6.07, 6.45) is 3.41. The summed E-state index contributed by atoms with van der Waals surface area (Å²) in [5.74, 6) is 0.404. The van der Waals surface area contributed by atoms with E-state index in [0.717, 1.165) is 12.1 Å². The average Bonchev–Trinajstić information content (AvgIpc) is 3.16. The van der Waals surface area contributed by atoms with E-state index >= 15 is 0 Å². The molecule has 8 heteroatoms. The smallest absolute Gasteiger partial charge is 0.255 e. The predicted molar refractivity (Wildman–Crippen MR) is 80.1 cm³/mol. The molecule has 0 fully saturated rings. The van der Waals surface area contributed by atoms with Gasteiger partial charge in [0, 0.05) is 30.9 Å². The molecule has 0 radical (unpaired) electrons. The van der Waals surface area contributed by atoms with Crippen molar-refractivity contribution in [3.05, 3.63) is 42.2 Å². The quantitative estimate of drug-likeness (QED) is 0.785. The van der Waals surface area contributed by atoms with E-state index in [9.17, 15) is 4.79 Å². The first-order valence-corrected chi connectivity index (χ1v) is 6.84. The van der Waals surface area contributed by atoms with E-state index in [4.69, 9.17) is 0 Å². The number of benzene rings is 1. The minimum absolute atomic E-state index is 0.201. The Morgan fingerprint density at radius 3 is 2.91 bits per heavy atom. The fourth-order valence-electron chi connectivity index (χ4n) is 2.08. The molecule has 8 nitrogen and oxygen atoms in total. The van der Waals surface area contributed by atoms with Crippen molar-refractivity contribution in [1.29, 1.82) is 0 Å². The number of anilines is 1. The van der Waals surface area contributed by atoms with Gasteiger partial charge in [-0.25, -0.2) is 4.68 Å². The maximum atomic E-state index is 12.3. The molecular formula is C14H15N7O. The number of carbonyl (C=O) groups excluding carboxylic acids is 1. The first-order chi connectivity index (χ1) is 10.7. The van der Waals surface area contributed by atoms with Gasteiger partial charge in [0.15, 0.2) is 5.82 Å². The number of nitrogens with one attached hydrogen (secondary N) is 1. The lowest BCUT2D eigenvalue weighted by Gasteiger charge is -2.04. The van der Waals surface area contributed by atoms with E-state index in [-0.39, 0.29) is 5.91 Å². The molecule has 0 saturated heterocycles. The molecule has 112 valence electrons. The Morgan fingerprint density at radius 2 is 2.23 bits per heavy atom. The Bertz CT molecular complexity index is 805. The van der Waals surface area contributed by atoms with Gasteiger partial charge in [0.1, 0.15) is 0 Å². The number of hydrogen-bond acceptors (Lipinski definition) is 5. The molecular weight excluding hydrogens is 282 g/mol. The number of amides is 1. The first kappa shape index (κ1) is 13.9. The summed E-state index contributed by atoms with van der Waals surface area (Å²) in [5, 5.41) is 18.3. The third kappa shape index (κ3) is 2.71. The molecule has 0 bridgehead atoms. The molecule has 0 aliphatic rings. The lowest BCUT2D eigenvalue weighted by molar-refractivity contribution is 0.102. The van der Waals surface area contributed by atoms with Gasteiger partial charge in [0.05, 0.1) is 11.9 Å². The van der Waals surface area contributed by atoms with E-state index in [1.165, 1.54) is 0 Å². The molecule has 0 aliphatic heterocycles. The lowest BCUT2D eigenvalue weighted by atomic mass is 10.1. The Hall–Kier alpha value is -3.03. The van der Waals surface area contributed by atoms with Gasteiger partial charge in [-0.2, -0.15) is 5.10 Å². The van der Waals surface area contributed by atoms with Gasteiger partial charge < -0.3 is 5.32 Å². The normalized spacial score (nSPS) is 10.6. The van der Waals surface area contributed by atoms with Crippen molar-refractivity contribution in [2.45, 2.75) is 13.5 Å². The summed E-state index contributed by atoms with van der Waals surface area (Å²) in [6, 6.07) is 7.16. The second-order valence-corrected chi connectivity index (χ2v) is 4.75. The highest BCUT2D eigenvalue weighted by Gasteiger charge is 2.11. The largest absolute Gasteiger partial charge is 0.319 e. The fourth-order valence-corrected chi connectivity index (χ4v) is 2.08. The lowest BCUT2D eigenvalue weighted by Crippen LogP contribution is -2.11. The van der Waals surface area contributed by atoms with Crippen LogP contribution in [0.3, 0.4) is 0 Å². The van der Waals surface area contributed by atoms with E-state index in [2.05, 4.69) is 25.9 Å². The minimum Gasteiger partial charge on any atom is -0.319 e. The molecule has 3 aromatic rings. The molecule has 0 unspecified atom stereocenters. The van der Waals surface area contributed by atoms with Gasteiger partial charge in [0.2, 0.25) is 0 Å². The second-order valence-electron chi connectivity index (χ2n) is 4.75. The van der Waals surface area contributed by atoms with Crippen LogP contribution in [0.4, 0.5) is 5.69 Å². The van der Waals surface area contributed by atoms with E-state index in [1.54, 1.807) is 47.0 Å². The van der Waals surface area contributed by atoms with Gasteiger partial charge >= 0.3 is 0 Å². The van der Waals surface area contributed by atoms with Crippen molar-refractivity contribution >= 4 is 11.6 Å². The van der Waals surface area contributed by atoms with Crippen LogP contribution in [0.2, 0.25) is 0 Å². The molecule has 1 amide bonds. The van der Waals surface area contributed by atoms with Crippen LogP contribution in [-0.4, -0.2) is 35.9 Å². The zero-order valence-electron chi connectivity index (χ0n) is 12.3. The van der Waals surface area contributed by atoms with Crippen LogP contribution in [0.5, 0.6) is 0 Å². The van der Waals surface area contributed by atoms with E-state index in [0.29, 0.717) is 17.1 Å². The van der Waals surface area contributed by atoms with Crippen molar-refractivity contribution in [1.82, 2.24) is 30.0 Å². The molecule has 0 aliphatic carbocycles. The average molecular weight is 297 g/mol. The van der Waals surface area contributed by atoms with Crippen molar-refractivity contribution < 1.29 is 4.79 Å². The summed E-state index contributed by atoms with van der Waals surface area (Å²) >= 11 is 0. The van der Waals surface area contributed by atoms with Crippen LogP contribution < -0.4 is 5.32 Å². The Labute approximate surface area is 126 Å². The van der Waals surface area contributed by atoms with Crippen LogP contribution in [0.1, 0.15) is 17.3 Å². The summed E-state index contributed by atoms with van der Waals surface area (Å²) in [4.78, 5) is 12.3. The van der Waals surface area contributed by atoms with E-state index in [1.807, 2.05) is 13.0 Å². The maximum absolute atomic E-state index is 12.3. The van der Waals surface area contributed by atoms with Crippen LogP contribution in [-0.2, 0) is 13.6 Å². The summed E-state index contributed by atoms with van der Waals surface area (Å²) in [7, 11) is 1.75. The highest BCUT2D eigenvalue weighted by Crippen LogP contribution is 2.17. The molecule has 0 saturated carbocycles. The zero-order valence-corrected chi connectivity index (χ0v) is 12.3. The summed E-state index contributed by atoms with van der Waals surface area (Å²) in [5.41, 5.74) is 1.98. The summed E-state index contributed by atoms with van der Waals surface area (Å²) in [6.45, 7) is 2.74. The number of aryl methyl sites for hydroxylation is 2. The van der Waals surface area contributed by atoms with Gasteiger partial charge in [0.25, 0.3) is 5.91 Å². The molecule has 1 aromatic carbocycles. The van der Waals surface area contributed by atoms with Gasteiger partial charge in [-0.3, -0.25) is 9.48 Å². The van der Waals surface area contributed by atoms with Crippen LogP contribution in [0, 0.1) is 0 Å². The Kier molecular flexibility index (Phi) is 3.65. The van der Waals surface area contributed by atoms with E-state index < -0.39 is 0 Å². The van der Waals surface area contributed by atoms with Crippen molar-refractivity contribution in [3.8, 4) is 11.4 Å². The molecule has 2 heterocycles. The van der Waals surface area contributed by atoms with Crippen LogP contribution in [0.15, 0.2) is 36.7 Å². The highest BCUT2D eigenvalue weighted by molar-refractivity contribution is 6.04. The van der Waals surface area contributed by atoms with Crippen molar-refractivity contribution in [2.75, 3.05) is 5.32 Å². The molecule has 3 rings (SSSR count). The third-order valence-corrected chi connectivity index (χ3v) is 3.22. The molecule has 2 aromatic heterocycles. The van der Waals surface area contributed by atoms with Gasteiger partial charge in [-0.05, 0) is 29.5 Å².